The molecule has 0 rings (SSSR count). The highest BCUT2D eigenvalue weighted by Gasteiger charge is 2.26. The molecule has 5 heteroatoms. The zero-order chi connectivity index (χ0) is 24.1. The van der Waals surface area contributed by atoms with Crippen LogP contribution in [-0.4, -0.2) is 72.8 Å². The molecule has 0 N–H and O–H groups in total. The van der Waals surface area contributed by atoms with Gasteiger partial charge in [-0.3, -0.25) is 14.7 Å². The summed E-state index contributed by atoms with van der Waals surface area (Å²) in [4.78, 5) is 8.30. The van der Waals surface area contributed by atoms with Crippen LogP contribution in [0.5, 0.6) is 0 Å². The summed E-state index contributed by atoms with van der Waals surface area (Å²) >= 11 is 6.72. The van der Waals surface area contributed by atoms with Crippen LogP contribution in [0.4, 0.5) is 0 Å². The van der Waals surface area contributed by atoms with Crippen molar-refractivity contribution in [1.29, 1.82) is 0 Å². The first-order valence-electron chi connectivity index (χ1n) is 14.2. The van der Waals surface area contributed by atoms with Crippen LogP contribution >= 0.6 is 6.04 Å². The topological polar surface area (TPSA) is 9.72 Å². The van der Waals surface area contributed by atoms with Crippen LogP contribution in [0.1, 0.15) is 119 Å². The van der Waals surface area contributed by atoms with Crippen LogP contribution in [-0.2, 0) is 11.8 Å². The zero-order valence-corrected chi connectivity index (χ0v) is 24.8. The van der Waals surface area contributed by atoms with Crippen molar-refractivity contribution < 1.29 is 0 Å². The van der Waals surface area contributed by atoms with E-state index in [4.69, 9.17) is 11.8 Å². The number of hydrogen-bond donors (Lipinski definition) is 0. The molecule has 0 bridgehead atoms. The van der Waals surface area contributed by atoms with Gasteiger partial charge in [0.15, 0.2) is 0 Å². The third-order valence-electron chi connectivity index (χ3n) is 6.34. The van der Waals surface area contributed by atoms with E-state index in [1.54, 1.807) is 0 Å². The fraction of sp³-hybridized carbons (Fsp3) is 1.00. The van der Waals surface area contributed by atoms with Crippen molar-refractivity contribution in [2.45, 2.75) is 119 Å². The standard InChI is InChI=1S/C27H60N3PS/c1-7-13-19-28(20-14-8-2)25-31(32,26-29(21-15-9-3)22-16-10-4)27-30(23-17-11-5)24-18-12-6/h7-27H2,1-6H3. The summed E-state index contributed by atoms with van der Waals surface area (Å²) in [5, 5.41) is 0. The van der Waals surface area contributed by atoms with E-state index in [-0.39, 0.29) is 0 Å². The van der Waals surface area contributed by atoms with Crippen molar-refractivity contribution in [1.82, 2.24) is 14.7 Å². The Morgan fingerprint density at radius 3 is 0.750 bits per heavy atom. The second-order valence-electron chi connectivity index (χ2n) is 9.96. The molecule has 0 saturated heterocycles. The minimum absolute atomic E-state index is 1.19. The molecule has 0 heterocycles. The Morgan fingerprint density at radius 1 is 0.406 bits per heavy atom. The van der Waals surface area contributed by atoms with Gasteiger partial charge in [0, 0.05) is 18.9 Å². The maximum Gasteiger partial charge on any atom is 0.0298 e. The molecule has 0 spiro atoms. The lowest BCUT2D eigenvalue weighted by molar-refractivity contribution is 0.278. The molecule has 194 valence electrons. The van der Waals surface area contributed by atoms with E-state index in [1.165, 1.54) is 135 Å². The normalized spacial score (nSPS) is 12.5. The van der Waals surface area contributed by atoms with Gasteiger partial charge in [-0.05, 0) is 83.8 Å². The smallest absolute Gasteiger partial charge is 0.0298 e. The minimum atomic E-state index is -1.52. The minimum Gasteiger partial charge on any atom is -0.298 e. The molecule has 0 aliphatic heterocycles. The summed E-state index contributed by atoms with van der Waals surface area (Å²) in [6.07, 6.45) is 19.1. The first kappa shape index (κ1) is 32.5. The maximum absolute atomic E-state index is 6.72. The highest BCUT2D eigenvalue weighted by atomic mass is 32.4. The summed E-state index contributed by atoms with van der Waals surface area (Å²) < 4.78 is 0. The first-order chi connectivity index (χ1) is 15.5. The molecule has 0 amide bonds. The highest BCUT2D eigenvalue weighted by molar-refractivity contribution is 8.14. The largest absolute Gasteiger partial charge is 0.298 e. The van der Waals surface area contributed by atoms with E-state index in [2.05, 4.69) is 56.2 Å². The Labute approximate surface area is 209 Å². The quantitative estimate of drug-likeness (QED) is 0.127. The summed E-state index contributed by atoms with van der Waals surface area (Å²) in [7, 11) is 0. The van der Waals surface area contributed by atoms with Crippen LogP contribution in [0.25, 0.3) is 0 Å². The van der Waals surface area contributed by atoms with Crippen molar-refractivity contribution in [3.8, 4) is 0 Å². The van der Waals surface area contributed by atoms with E-state index in [1.807, 2.05) is 0 Å². The van der Waals surface area contributed by atoms with E-state index in [9.17, 15) is 0 Å². The van der Waals surface area contributed by atoms with Crippen LogP contribution < -0.4 is 0 Å². The van der Waals surface area contributed by atoms with Gasteiger partial charge in [-0.15, -0.1) is 0 Å². The van der Waals surface area contributed by atoms with Crippen molar-refractivity contribution in [2.75, 3.05) is 58.1 Å². The monoisotopic (exact) mass is 489 g/mol. The molecule has 0 saturated carbocycles. The molecule has 0 aliphatic rings. The third-order valence-corrected chi connectivity index (χ3v) is 10.1. The molecular formula is C27H60N3PS. The van der Waals surface area contributed by atoms with E-state index < -0.39 is 6.04 Å². The number of unbranched alkanes of at least 4 members (excludes halogenated alkanes) is 6. The summed E-state index contributed by atoms with van der Waals surface area (Å²) in [5.74, 6) is 0. The lowest BCUT2D eigenvalue weighted by atomic mass is 10.3. The Morgan fingerprint density at radius 2 is 0.594 bits per heavy atom. The van der Waals surface area contributed by atoms with Crippen molar-refractivity contribution in [3.05, 3.63) is 0 Å². The van der Waals surface area contributed by atoms with Gasteiger partial charge in [0.25, 0.3) is 0 Å². The fourth-order valence-electron chi connectivity index (χ4n) is 4.28. The highest BCUT2D eigenvalue weighted by Crippen LogP contribution is 2.48. The molecule has 0 aromatic carbocycles. The predicted molar refractivity (Wildman–Crippen MR) is 153 cm³/mol. The summed E-state index contributed by atoms with van der Waals surface area (Å²) in [6.45, 7) is 21.4. The Hall–Kier alpha value is 0.530. The Bertz CT molecular complexity index is 361. The van der Waals surface area contributed by atoms with Crippen molar-refractivity contribution in [2.24, 2.45) is 0 Å². The molecule has 0 aromatic heterocycles. The van der Waals surface area contributed by atoms with Gasteiger partial charge in [0.1, 0.15) is 0 Å². The van der Waals surface area contributed by atoms with Gasteiger partial charge in [0.2, 0.25) is 0 Å². The zero-order valence-electron chi connectivity index (χ0n) is 23.0. The molecule has 0 radical (unpaired) electrons. The molecular weight excluding hydrogens is 429 g/mol. The van der Waals surface area contributed by atoms with Crippen LogP contribution in [0.3, 0.4) is 0 Å². The van der Waals surface area contributed by atoms with Crippen LogP contribution in [0, 0.1) is 0 Å². The average Bonchev–Trinajstić information content (AvgIpc) is 2.79. The fourth-order valence-corrected chi connectivity index (χ4v) is 9.05. The molecule has 0 atom stereocenters. The number of hydrogen-bond acceptors (Lipinski definition) is 4. The van der Waals surface area contributed by atoms with E-state index in [0.717, 1.165) is 0 Å². The molecule has 0 unspecified atom stereocenters. The van der Waals surface area contributed by atoms with E-state index >= 15 is 0 Å². The lowest BCUT2D eigenvalue weighted by Crippen LogP contribution is -2.37. The molecule has 0 aromatic rings. The van der Waals surface area contributed by atoms with Gasteiger partial charge < -0.3 is 0 Å². The SMILES string of the molecule is CCCCN(CCCC)CP(=S)(CN(CCCC)CCCC)CN(CCCC)CCCC. The average molecular weight is 490 g/mol. The second-order valence-corrected chi connectivity index (χ2v) is 15.2. The van der Waals surface area contributed by atoms with Crippen LogP contribution in [0.15, 0.2) is 0 Å². The summed E-state index contributed by atoms with van der Waals surface area (Å²) in [6, 6.07) is -1.52. The maximum atomic E-state index is 6.72. The van der Waals surface area contributed by atoms with Gasteiger partial charge in [-0.1, -0.05) is 91.9 Å². The molecule has 3 nitrogen and oxygen atoms in total. The summed E-state index contributed by atoms with van der Waals surface area (Å²) in [5.41, 5.74) is 0. The van der Waals surface area contributed by atoms with Crippen molar-refractivity contribution in [3.63, 3.8) is 0 Å². The van der Waals surface area contributed by atoms with Gasteiger partial charge >= 0.3 is 0 Å². The van der Waals surface area contributed by atoms with Gasteiger partial charge in [0.05, 0.1) is 0 Å². The molecule has 0 fully saturated rings. The predicted octanol–water partition coefficient (Wildman–Crippen LogP) is 8.05. The molecule has 0 aliphatic carbocycles. The third kappa shape index (κ3) is 17.0. The Balaban J connectivity index is 5.60. The van der Waals surface area contributed by atoms with Crippen molar-refractivity contribution >= 4 is 17.8 Å². The van der Waals surface area contributed by atoms with Gasteiger partial charge in [-0.2, -0.15) is 0 Å². The number of nitrogens with zero attached hydrogens (tertiary/aromatic N) is 3. The molecule has 32 heavy (non-hydrogen) atoms. The van der Waals surface area contributed by atoms with E-state index in [0.29, 0.717) is 0 Å². The second kappa shape index (κ2) is 22.0. The Kier molecular flexibility index (Phi) is 22.4. The van der Waals surface area contributed by atoms with Crippen LogP contribution in [0.2, 0.25) is 0 Å². The number of rotatable bonds is 24. The van der Waals surface area contributed by atoms with Gasteiger partial charge in [-0.25, -0.2) is 0 Å². The first-order valence-corrected chi connectivity index (χ1v) is 17.6. The lowest BCUT2D eigenvalue weighted by Gasteiger charge is -2.38.